The maximum absolute atomic E-state index is 5.73. The van der Waals surface area contributed by atoms with Crippen LogP contribution >= 0.6 is 0 Å². The van der Waals surface area contributed by atoms with Gasteiger partial charge < -0.3 is 20.3 Å². The van der Waals surface area contributed by atoms with Gasteiger partial charge in [0, 0.05) is 50.7 Å². The highest BCUT2D eigenvalue weighted by Crippen LogP contribution is 2.27. The van der Waals surface area contributed by atoms with Gasteiger partial charge in [-0.1, -0.05) is 0 Å². The fourth-order valence-corrected chi connectivity index (χ4v) is 2.99. The molecule has 0 saturated carbocycles. The van der Waals surface area contributed by atoms with Crippen molar-refractivity contribution in [3.05, 3.63) is 42.7 Å². The number of anilines is 3. The van der Waals surface area contributed by atoms with Crippen LogP contribution in [0.15, 0.2) is 42.7 Å². The first kappa shape index (κ1) is 18.1. The third-order valence-corrected chi connectivity index (χ3v) is 4.59. The summed E-state index contributed by atoms with van der Waals surface area (Å²) in [6.07, 6.45) is 3.57. The predicted molar refractivity (Wildman–Crippen MR) is 110 cm³/mol. The Bertz CT molecular complexity index is 936. The maximum Gasteiger partial charge on any atom is 0.226 e. The van der Waals surface area contributed by atoms with Gasteiger partial charge in [0.15, 0.2) is 0 Å². The highest BCUT2D eigenvalue weighted by molar-refractivity contribution is 5.70. The second-order valence-electron chi connectivity index (χ2n) is 6.81. The number of morpholine rings is 1. The molecule has 4 rings (SSSR count). The molecular formula is C20H23N7O. The van der Waals surface area contributed by atoms with Crippen molar-refractivity contribution in [1.82, 2.24) is 19.9 Å². The van der Waals surface area contributed by atoms with E-state index in [2.05, 4.69) is 14.9 Å². The van der Waals surface area contributed by atoms with Crippen molar-refractivity contribution in [2.24, 2.45) is 0 Å². The van der Waals surface area contributed by atoms with E-state index in [1.165, 1.54) is 0 Å². The average molecular weight is 377 g/mol. The molecule has 0 aromatic carbocycles. The normalized spacial score (nSPS) is 14.1. The second kappa shape index (κ2) is 7.77. The summed E-state index contributed by atoms with van der Waals surface area (Å²) in [5.41, 5.74) is 9.19. The fourth-order valence-electron chi connectivity index (χ4n) is 2.99. The van der Waals surface area contributed by atoms with Crippen LogP contribution < -0.4 is 15.5 Å². The van der Waals surface area contributed by atoms with E-state index in [0.717, 1.165) is 41.4 Å². The van der Waals surface area contributed by atoms with Gasteiger partial charge in [0.25, 0.3) is 0 Å². The van der Waals surface area contributed by atoms with Gasteiger partial charge in [-0.2, -0.15) is 0 Å². The highest BCUT2D eigenvalue weighted by atomic mass is 16.5. The van der Waals surface area contributed by atoms with Crippen molar-refractivity contribution < 1.29 is 4.74 Å². The minimum atomic E-state index is 0.481. The summed E-state index contributed by atoms with van der Waals surface area (Å²) in [6, 6.07) is 9.67. The van der Waals surface area contributed by atoms with Gasteiger partial charge in [0.05, 0.1) is 24.6 Å². The van der Waals surface area contributed by atoms with Crippen LogP contribution in [-0.4, -0.2) is 60.3 Å². The van der Waals surface area contributed by atoms with Gasteiger partial charge in [-0.05, 0) is 30.3 Å². The molecule has 28 heavy (non-hydrogen) atoms. The first-order chi connectivity index (χ1) is 13.6. The van der Waals surface area contributed by atoms with E-state index in [1.807, 2.05) is 49.5 Å². The first-order valence-electron chi connectivity index (χ1n) is 9.17. The zero-order valence-electron chi connectivity index (χ0n) is 16.0. The number of aromatic nitrogens is 4. The minimum absolute atomic E-state index is 0.481. The Morgan fingerprint density at radius 2 is 1.57 bits per heavy atom. The molecule has 144 valence electrons. The molecule has 3 aromatic heterocycles. The van der Waals surface area contributed by atoms with E-state index in [9.17, 15) is 0 Å². The molecule has 0 atom stereocenters. The Morgan fingerprint density at radius 3 is 2.11 bits per heavy atom. The van der Waals surface area contributed by atoms with Crippen LogP contribution in [0.4, 0.5) is 17.6 Å². The molecule has 0 spiro atoms. The van der Waals surface area contributed by atoms with Crippen molar-refractivity contribution in [3.63, 3.8) is 0 Å². The first-order valence-corrected chi connectivity index (χ1v) is 9.17. The van der Waals surface area contributed by atoms with Crippen molar-refractivity contribution >= 4 is 17.6 Å². The van der Waals surface area contributed by atoms with E-state index in [4.69, 9.17) is 20.4 Å². The number of nitrogens with two attached hydrogens (primary N) is 1. The number of nitrogens with zero attached hydrogens (tertiary/aromatic N) is 6. The zero-order valence-corrected chi connectivity index (χ0v) is 16.0. The molecule has 8 nitrogen and oxygen atoms in total. The Balaban J connectivity index is 1.77. The van der Waals surface area contributed by atoms with E-state index in [1.54, 1.807) is 12.3 Å². The van der Waals surface area contributed by atoms with Crippen molar-refractivity contribution in [1.29, 1.82) is 0 Å². The topological polar surface area (TPSA) is 93.3 Å². The third kappa shape index (κ3) is 3.86. The lowest BCUT2D eigenvalue weighted by Crippen LogP contribution is -2.37. The number of hydrogen-bond donors (Lipinski definition) is 1. The van der Waals surface area contributed by atoms with Gasteiger partial charge >= 0.3 is 0 Å². The van der Waals surface area contributed by atoms with Crippen LogP contribution in [0.5, 0.6) is 0 Å². The summed E-state index contributed by atoms with van der Waals surface area (Å²) in [5, 5.41) is 0. The second-order valence-corrected chi connectivity index (χ2v) is 6.81. The highest BCUT2D eigenvalue weighted by Gasteiger charge is 2.17. The molecule has 1 aliphatic rings. The lowest BCUT2D eigenvalue weighted by Gasteiger charge is -2.27. The number of hydrogen-bond acceptors (Lipinski definition) is 8. The van der Waals surface area contributed by atoms with Crippen molar-refractivity contribution in [3.8, 4) is 22.5 Å². The van der Waals surface area contributed by atoms with Crippen LogP contribution in [0.1, 0.15) is 0 Å². The zero-order chi connectivity index (χ0) is 19.5. The van der Waals surface area contributed by atoms with Gasteiger partial charge in [0.2, 0.25) is 5.95 Å². The van der Waals surface area contributed by atoms with E-state index in [-0.39, 0.29) is 0 Å². The van der Waals surface area contributed by atoms with Crippen molar-refractivity contribution in [2.75, 3.05) is 55.9 Å². The molecule has 0 aliphatic carbocycles. The summed E-state index contributed by atoms with van der Waals surface area (Å²) in [4.78, 5) is 22.4. The van der Waals surface area contributed by atoms with Crippen LogP contribution in [0.25, 0.3) is 22.5 Å². The van der Waals surface area contributed by atoms with E-state index in [0.29, 0.717) is 25.0 Å². The van der Waals surface area contributed by atoms with Gasteiger partial charge in [-0.3, -0.25) is 0 Å². The van der Waals surface area contributed by atoms with Gasteiger partial charge in [-0.25, -0.2) is 19.9 Å². The lowest BCUT2D eigenvalue weighted by molar-refractivity contribution is 0.122. The summed E-state index contributed by atoms with van der Waals surface area (Å²) >= 11 is 0. The number of rotatable bonds is 4. The minimum Gasteiger partial charge on any atom is -0.384 e. The van der Waals surface area contributed by atoms with Gasteiger partial charge in [-0.15, -0.1) is 0 Å². The molecule has 8 heteroatoms. The van der Waals surface area contributed by atoms with E-state index < -0.39 is 0 Å². The molecule has 3 aromatic rings. The molecule has 1 aliphatic heterocycles. The van der Waals surface area contributed by atoms with Crippen LogP contribution in [0.3, 0.4) is 0 Å². The molecule has 0 radical (unpaired) electrons. The largest absolute Gasteiger partial charge is 0.384 e. The average Bonchev–Trinajstić information content (AvgIpc) is 2.74. The Hall–Kier alpha value is -3.26. The van der Waals surface area contributed by atoms with Gasteiger partial charge in [0.1, 0.15) is 11.6 Å². The van der Waals surface area contributed by atoms with Crippen LogP contribution in [-0.2, 0) is 4.74 Å². The summed E-state index contributed by atoms with van der Waals surface area (Å²) in [6.45, 7) is 2.87. The molecular weight excluding hydrogens is 354 g/mol. The van der Waals surface area contributed by atoms with Crippen LogP contribution in [0, 0.1) is 0 Å². The Morgan fingerprint density at radius 1 is 0.929 bits per heavy atom. The molecule has 4 heterocycles. The monoisotopic (exact) mass is 377 g/mol. The maximum atomic E-state index is 5.73. The third-order valence-electron chi connectivity index (χ3n) is 4.59. The van der Waals surface area contributed by atoms with Crippen molar-refractivity contribution in [2.45, 2.75) is 0 Å². The molecule has 0 bridgehead atoms. The molecule has 0 unspecified atom stereocenters. The van der Waals surface area contributed by atoms with E-state index >= 15 is 0 Å². The smallest absolute Gasteiger partial charge is 0.226 e. The molecule has 1 saturated heterocycles. The summed E-state index contributed by atoms with van der Waals surface area (Å²) in [5.74, 6) is 2.06. The quantitative estimate of drug-likeness (QED) is 0.739. The summed E-state index contributed by atoms with van der Waals surface area (Å²) < 4.78 is 5.46. The molecule has 2 N–H and O–H groups in total. The Kier molecular flexibility index (Phi) is 5.03. The standard InChI is InChI=1S/C20H23N7O/c1-26(2)19-6-4-15(13-23-19)17-11-16(14-3-5-18(21)22-12-14)24-20(25-17)27-7-9-28-10-8-27/h3-6,11-13H,7-10H2,1-2H3,(H2,21,22). The predicted octanol–water partition coefficient (Wildman–Crippen LogP) is 2.09. The Labute approximate surface area is 164 Å². The van der Waals surface area contributed by atoms with Crippen LogP contribution in [0.2, 0.25) is 0 Å². The molecule has 0 amide bonds. The number of nitrogen functional groups attached to an aromatic ring is 1. The summed E-state index contributed by atoms with van der Waals surface area (Å²) in [7, 11) is 3.94. The fraction of sp³-hybridized carbons (Fsp3) is 0.300. The number of ether oxygens (including phenoxy) is 1. The molecule has 1 fully saturated rings. The number of pyridine rings is 2. The SMILES string of the molecule is CN(C)c1ccc(-c2cc(-c3ccc(N)nc3)nc(N3CCOCC3)n2)cn1. The lowest BCUT2D eigenvalue weighted by atomic mass is 10.1.